The molecule has 0 saturated carbocycles. The van der Waals surface area contributed by atoms with Crippen LogP contribution in [-0.2, 0) is 9.59 Å². The van der Waals surface area contributed by atoms with E-state index in [1.165, 1.54) is 0 Å². The van der Waals surface area contributed by atoms with Crippen molar-refractivity contribution in [3.8, 4) is 5.75 Å². The molecular weight excluding hydrogens is 420 g/mol. The molecule has 0 fully saturated rings. The number of rotatable bonds is 7. The summed E-state index contributed by atoms with van der Waals surface area (Å²) in [5.74, 6) is 0.0503. The van der Waals surface area contributed by atoms with Crippen LogP contribution in [0.25, 0.3) is 0 Å². The van der Waals surface area contributed by atoms with Crippen LogP contribution in [0, 0.1) is 6.92 Å². The van der Waals surface area contributed by atoms with Gasteiger partial charge in [-0.25, -0.2) is 0 Å². The highest BCUT2D eigenvalue weighted by Crippen LogP contribution is 2.21. The Labute approximate surface area is 166 Å². The van der Waals surface area contributed by atoms with Gasteiger partial charge in [0.15, 0.2) is 6.10 Å². The summed E-state index contributed by atoms with van der Waals surface area (Å²) in [5, 5.41) is 6.06. The smallest absolute Gasteiger partial charge is 0.260 e. The van der Waals surface area contributed by atoms with E-state index in [9.17, 15) is 9.59 Å². The fourth-order valence-corrected chi connectivity index (χ4v) is 2.72. The number of hydrogen-bond acceptors (Lipinski definition) is 3. The van der Waals surface area contributed by atoms with Crippen molar-refractivity contribution in [2.24, 2.45) is 0 Å². The van der Waals surface area contributed by atoms with Crippen LogP contribution in [0.3, 0.4) is 0 Å². The van der Waals surface area contributed by atoms with E-state index in [4.69, 9.17) is 16.3 Å². The third-order valence-electron chi connectivity index (χ3n) is 3.60. The second kappa shape index (κ2) is 9.59. The molecule has 26 heavy (non-hydrogen) atoms. The van der Waals surface area contributed by atoms with Crippen LogP contribution in [0.1, 0.15) is 18.9 Å². The van der Waals surface area contributed by atoms with Crippen molar-refractivity contribution < 1.29 is 14.3 Å². The second-order valence-corrected chi connectivity index (χ2v) is 7.12. The van der Waals surface area contributed by atoms with E-state index in [0.29, 0.717) is 10.8 Å². The third-order valence-corrected chi connectivity index (χ3v) is 4.33. The van der Waals surface area contributed by atoms with Crippen molar-refractivity contribution in [3.63, 3.8) is 0 Å². The van der Waals surface area contributed by atoms with Crippen molar-refractivity contribution in [1.82, 2.24) is 5.32 Å². The molecule has 0 aliphatic carbocycles. The standard InChI is InChI=1S/C19H20BrClN2O3/c1-12-6-7-14(20)10-17(12)23-18(24)8-9-22-19(25)13(2)26-16-5-3-4-15(21)11-16/h3-7,10-11,13H,8-9H2,1-2H3,(H,22,25)(H,23,24). The van der Waals surface area contributed by atoms with Gasteiger partial charge in [-0.05, 0) is 49.7 Å². The lowest BCUT2D eigenvalue weighted by Gasteiger charge is -2.15. The summed E-state index contributed by atoms with van der Waals surface area (Å²) in [6.07, 6.45) is -0.523. The maximum atomic E-state index is 12.1. The van der Waals surface area contributed by atoms with Crippen molar-refractivity contribution in [2.45, 2.75) is 26.4 Å². The quantitative estimate of drug-likeness (QED) is 0.675. The Balaban J connectivity index is 1.76. The molecule has 7 heteroatoms. The number of carbonyl (C=O) groups excluding carboxylic acids is 2. The highest BCUT2D eigenvalue weighted by molar-refractivity contribution is 9.10. The first-order valence-corrected chi connectivity index (χ1v) is 9.28. The summed E-state index contributed by atoms with van der Waals surface area (Å²) < 4.78 is 6.42. The first kappa shape index (κ1) is 20.3. The van der Waals surface area contributed by atoms with Crippen molar-refractivity contribution in [3.05, 3.63) is 57.5 Å². The average molecular weight is 440 g/mol. The molecule has 0 aliphatic rings. The number of benzene rings is 2. The normalized spacial score (nSPS) is 11.5. The van der Waals surface area contributed by atoms with Gasteiger partial charge in [0.2, 0.25) is 5.91 Å². The molecular formula is C19H20BrClN2O3. The lowest BCUT2D eigenvalue weighted by atomic mass is 10.2. The van der Waals surface area contributed by atoms with Gasteiger partial charge in [0.25, 0.3) is 5.91 Å². The van der Waals surface area contributed by atoms with Crippen molar-refractivity contribution in [1.29, 1.82) is 0 Å². The lowest BCUT2D eigenvalue weighted by molar-refractivity contribution is -0.127. The molecule has 1 unspecified atom stereocenters. The van der Waals surface area contributed by atoms with E-state index in [2.05, 4.69) is 26.6 Å². The Morgan fingerprint density at radius 2 is 2.00 bits per heavy atom. The van der Waals surface area contributed by atoms with E-state index in [1.54, 1.807) is 31.2 Å². The molecule has 5 nitrogen and oxygen atoms in total. The van der Waals surface area contributed by atoms with Gasteiger partial charge in [-0.2, -0.15) is 0 Å². The van der Waals surface area contributed by atoms with Gasteiger partial charge >= 0.3 is 0 Å². The van der Waals surface area contributed by atoms with Gasteiger partial charge in [0.1, 0.15) is 5.75 Å². The topological polar surface area (TPSA) is 67.4 Å². The molecule has 0 saturated heterocycles. The predicted octanol–water partition coefficient (Wildman–Crippen LogP) is 4.32. The number of amides is 2. The minimum atomic E-state index is -0.691. The van der Waals surface area contributed by atoms with E-state index in [0.717, 1.165) is 15.7 Å². The largest absolute Gasteiger partial charge is 0.481 e. The summed E-state index contributed by atoms with van der Waals surface area (Å²) in [6.45, 7) is 3.78. The fourth-order valence-electron chi connectivity index (χ4n) is 2.18. The van der Waals surface area contributed by atoms with Crippen LogP contribution < -0.4 is 15.4 Å². The maximum Gasteiger partial charge on any atom is 0.260 e. The van der Waals surface area contributed by atoms with Crippen LogP contribution in [0.5, 0.6) is 5.75 Å². The zero-order chi connectivity index (χ0) is 19.1. The number of hydrogen-bond donors (Lipinski definition) is 2. The van der Waals surface area contributed by atoms with Crippen molar-refractivity contribution >= 4 is 45.0 Å². The number of anilines is 1. The molecule has 0 aliphatic heterocycles. The lowest BCUT2D eigenvalue weighted by Crippen LogP contribution is -2.37. The molecule has 2 rings (SSSR count). The van der Waals surface area contributed by atoms with Crippen LogP contribution in [0.2, 0.25) is 5.02 Å². The maximum absolute atomic E-state index is 12.1. The molecule has 2 amide bonds. The third kappa shape index (κ3) is 6.35. The van der Waals surface area contributed by atoms with Crippen LogP contribution in [0.15, 0.2) is 46.9 Å². The molecule has 0 aromatic heterocycles. The van der Waals surface area contributed by atoms with E-state index >= 15 is 0 Å². The molecule has 2 N–H and O–H groups in total. The summed E-state index contributed by atoms with van der Waals surface area (Å²) in [6, 6.07) is 12.5. The summed E-state index contributed by atoms with van der Waals surface area (Å²) >= 11 is 9.26. The monoisotopic (exact) mass is 438 g/mol. The molecule has 2 aromatic carbocycles. The van der Waals surface area contributed by atoms with Gasteiger partial charge in [-0.3, -0.25) is 9.59 Å². The molecule has 0 spiro atoms. The highest BCUT2D eigenvalue weighted by Gasteiger charge is 2.15. The van der Waals surface area contributed by atoms with Gasteiger partial charge in [0.05, 0.1) is 0 Å². The second-order valence-electron chi connectivity index (χ2n) is 5.77. The highest BCUT2D eigenvalue weighted by atomic mass is 79.9. The van der Waals surface area contributed by atoms with Crippen LogP contribution in [-0.4, -0.2) is 24.5 Å². The Bertz CT molecular complexity index is 798. The Morgan fingerprint density at radius 3 is 2.73 bits per heavy atom. The van der Waals surface area contributed by atoms with Crippen molar-refractivity contribution in [2.75, 3.05) is 11.9 Å². The summed E-state index contributed by atoms with van der Waals surface area (Å²) in [5.41, 5.74) is 1.71. The van der Waals surface area contributed by atoms with Crippen LogP contribution >= 0.6 is 27.5 Å². The summed E-state index contributed by atoms with van der Waals surface area (Å²) in [7, 11) is 0. The van der Waals surface area contributed by atoms with Gasteiger partial charge in [-0.1, -0.05) is 39.7 Å². The molecule has 0 heterocycles. The Kier molecular flexibility index (Phi) is 7.48. The van der Waals surface area contributed by atoms with Gasteiger partial charge in [-0.15, -0.1) is 0 Å². The number of nitrogens with one attached hydrogen (secondary N) is 2. The molecule has 0 bridgehead atoms. The van der Waals surface area contributed by atoms with E-state index in [1.807, 2.05) is 25.1 Å². The minimum Gasteiger partial charge on any atom is -0.481 e. The molecule has 0 radical (unpaired) electrons. The number of aryl methyl sites for hydroxylation is 1. The zero-order valence-corrected chi connectivity index (χ0v) is 16.9. The van der Waals surface area contributed by atoms with Gasteiger partial charge < -0.3 is 15.4 Å². The SMILES string of the molecule is Cc1ccc(Br)cc1NC(=O)CCNC(=O)C(C)Oc1cccc(Cl)c1. The number of ether oxygens (including phenoxy) is 1. The van der Waals surface area contributed by atoms with Gasteiger partial charge in [0, 0.05) is 28.1 Å². The first-order chi connectivity index (χ1) is 12.3. The Hall–Kier alpha value is -2.05. The Morgan fingerprint density at radius 1 is 1.23 bits per heavy atom. The number of halogens is 2. The molecule has 138 valence electrons. The predicted molar refractivity (Wildman–Crippen MR) is 107 cm³/mol. The van der Waals surface area contributed by atoms with Crippen LogP contribution in [0.4, 0.5) is 5.69 Å². The van der Waals surface area contributed by atoms with E-state index in [-0.39, 0.29) is 24.8 Å². The summed E-state index contributed by atoms with van der Waals surface area (Å²) in [4.78, 5) is 24.1. The number of carbonyl (C=O) groups is 2. The molecule has 2 aromatic rings. The minimum absolute atomic E-state index is 0.168. The zero-order valence-electron chi connectivity index (χ0n) is 14.5. The first-order valence-electron chi connectivity index (χ1n) is 8.11. The van der Waals surface area contributed by atoms with E-state index < -0.39 is 6.10 Å². The molecule has 1 atom stereocenters. The fraction of sp³-hybridized carbons (Fsp3) is 0.263. The average Bonchev–Trinajstić information content (AvgIpc) is 2.58.